The average molecular weight is 295 g/mol. The van der Waals surface area contributed by atoms with Gasteiger partial charge in [0.2, 0.25) is 0 Å². The van der Waals surface area contributed by atoms with Gasteiger partial charge in [-0.05, 0) is 51.1 Å². The van der Waals surface area contributed by atoms with Gasteiger partial charge < -0.3 is 10.2 Å². The molecule has 20 heavy (non-hydrogen) atoms. The number of aryl methyl sites for hydroxylation is 1. The summed E-state index contributed by atoms with van der Waals surface area (Å²) in [6.07, 6.45) is 3.12. The molecule has 0 saturated heterocycles. The van der Waals surface area contributed by atoms with Crippen LogP contribution in [-0.2, 0) is 13.0 Å². The lowest BCUT2D eigenvalue weighted by Gasteiger charge is -2.23. The summed E-state index contributed by atoms with van der Waals surface area (Å²) in [6.45, 7) is 10.7. The molecule has 0 aliphatic rings. The maximum Gasteiger partial charge on any atom is 0.128 e. The fraction of sp³-hybridized carbons (Fsp3) is 0.688. The van der Waals surface area contributed by atoms with Gasteiger partial charge in [-0.25, -0.2) is 4.98 Å². The number of hydrogen-bond acceptors (Lipinski definition) is 4. The molecular formula is C16H29N3S. The number of aromatic nitrogens is 1. The molecule has 0 atom stereocenters. The molecular weight excluding hydrogens is 266 g/mol. The van der Waals surface area contributed by atoms with Crippen LogP contribution in [-0.4, -0.2) is 36.1 Å². The van der Waals surface area contributed by atoms with Crippen LogP contribution in [0.1, 0.15) is 39.0 Å². The van der Waals surface area contributed by atoms with Gasteiger partial charge in [0.15, 0.2) is 0 Å². The minimum atomic E-state index is 0.139. The molecule has 0 aliphatic carbocycles. The van der Waals surface area contributed by atoms with Gasteiger partial charge in [-0.2, -0.15) is 11.8 Å². The first-order valence-corrected chi connectivity index (χ1v) is 8.70. The highest BCUT2D eigenvalue weighted by atomic mass is 32.2. The van der Waals surface area contributed by atoms with Gasteiger partial charge in [0, 0.05) is 37.1 Å². The van der Waals surface area contributed by atoms with E-state index in [0.29, 0.717) is 0 Å². The Bertz CT molecular complexity index is 413. The molecule has 0 radical (unpaired) electrons. The Labute approximate surface area is 128 Å². The van der Waals surface area contributed by atoms with E-state index in [4.69, 9.17) is 4.98 Å². The van der Waals surface area contributed by atoms with Crippen LogP contribution in [0.2, 0.25) is 0 Å². The summed E-state index contributed by atoms with van der Waals surface area (Å²) in [5.74, 6) is 2.22. The molecule has 1 heterocycles. The highest BCUT2D eigenvalue weighted by molar-refractivity contribution is 7.98. The van der Waals surface area contributed by atoms with Crippen LogP contribution in [0.4, 0.5) is 5.82 Å². The number of nitrogens with one attached hydrogen (secondary N) is 1. The second kappa shape index (κ2) is 7.89. The zero-order valence-electron chi connectivity index (χ0n) is 13.8. The van der Waals surface area contributed by atoms with E-state index in [2.05, 4.69) is 63.3 Å². The van der Waals surface area contributed by atoms with E-state index in [1.165, 1.54) is 11.3 Å². The Kier molecular flexibility index (Phi) is 6.83. The standard InChI is InChI=1S/C16H29N3S/c1-7-14-10-13(12-17-16(2,3)4)11-15(18-14)19(5)8-9-20-6/h10-11,17H,7-9,12H2,1-6H3. The zero-order valence-corrected chi connectivity index (χ0v) is 14.6. The zero-order chi connectivity index (χ0) is 15.2. The van der Waals surface area contributed by atoms with Crippen molar-refractivity contribution >= 4 is 17.6 Å². The molecule has 0 aromatic carbocycles. The first-order chi connectivity index (χ1) is 9.35. The van der Waals surface area contributed by atoms with Gasteiger partial charge in [0.25, 0.3) is 0 Å². The maximum atomic E-state index is 4.74. The van der Waals surface area contributed by atoms with Crippen LogP contribution >= 0.6 is 11.8 Å². The predicted molar refractivity (Wildman–Crippen MR) is 91.9 cm³/mol. The van der Waals surface area contributed by atoms with Crippen molar-refractivity contribution in [1.29, 1.82) is 0 Å². The third-order valence-corrected chi connectivity index (χ3v) is 3.72. The Hall–Kier alpha value is -0.740. The van der Waals surface area contributed by atoms with Crippen molar-refractivity contribution in [2.45, 2.75) is 46.2 Å². The molecule has 0 aliphatic heterocycles. The summed E-state index contributed by atoms with van der Waals surface area (Å²) in [4.78, 5) is 6.98. The summed E-state index contributed by atoms with van der Waals surface area (Å²) in [7, 11) is 2.12. The van der Waals surface area contributed by atoms with Crippen molar-refractivity contribution in [3.63, 3.8) is 0 Å². The van der Waals surface area contributed by atoms with Gasteiger partial charge in [-0.1, -0.05) is 6.92 Å². The highest BCUT2D eigenvalue weighted by Crippen LogP contribution is 2.16. The molecule has 1 aromatic rings. The topological polar surface area (TPSA) is 28.2 Å². The summed E-state index contributed by atoms with van der Waals surface area (Å²) in [5, 5.41) is 3.55. The summed E-state index contributed by atoms with van der Waals surface area (Å²) in [6, 6.07) is 4.42. The molecule has 4 heteroatoms. The number of hydrogen-bond donors (Lipinski definition) is 1. The van der Waals surface area contributed by atoms with Crippen LogP contribution in [0.25, 0.3) is 0 Å². The number of rotatable bonds is 7. The SMILES string of the molecule is CCc1cc(CNC(C)(C)C)cc(N(C)CCSC)n1. The summed E-state index contributed by atoms with van der Waals surface area (Å²) < 4.78 is 0. The average Bonchev–Trinajstić information content (AvgIpc) is 2.41. The van der Waals surface area contributed by atoms with Crippen molar-refractivity contribution in [2.75, 3.05) is 30.5 Å². The van der Waals surface area contributed by atoms with Gasteiger partial charge in [0.1, 0.15) is 5.82 Å². The van der Waals surface area contributed by atoms with Crippen molar-refractivity contribution in [1.82, 2.24) is 10.3 Å². The Morgan fingerprint density at radius 2 is 2.00 bits per heavy atom. The number of nitrogens with zero attached hydrogens (tertiary/aromatic N) is 2. The van der Waals surface area contributed by atoms with Crippen LogP contribution < -0.4 is 10.2 Å². The fourth-order valence-electron chi connectivity index (χ4n) is 1.82. The fourth-order valence-corrected chi connectivity index (χ4v) is 2.28. The third-order valence-electron chi connectivity index (χ3n) is 3.13. The van der Waals surface area contributed by atoms with Crippen LogP contribution in [0.3, 0.4) is 0 Å². The van der Waals surface area contributed by atoms with E-state index in [0.717, 1.165) is 31.1 Å². The number of anilines is 1. The summed E-state index contributed by atoms with van der Waals surface area (Å²) >= 11 is 1.87. The number of thioether (sulfide) groups is 1. The molecule has 3 nitrogen and oxygen atoms in total. The largest absolute Gasteiger partial charge is 0.359 e. The molecule has 0 bridgehead atoms. The monoisotopic (exact) mass is 295 g/mol. The minimum Gasteiger partial charge on any atom is -0.359 e. The van der Waals surface area contributed by atoms with Crippen molar-refractivity contribution in [3.8, 4) is 0 Å². The van der Waals surface area contributed by atoms with E-state index in [1.54, 1.807) is 0 Å². The van der Waals surface area contributed by atoms with Gasteiger partial charge in [-0.15, -0.1) is 0 Å². The Morgan fingerprint density at radius 3 is 2.55 bits per heavy atom. The highest BCUT2D eigenvalue weighted by Gasteiger charge is 2.11. The lowest BCUT2D eigenvalue weighted by molar-refractivity contribution is 0.424. The normalized spacial score (nSPS) is 11.7. The number of pyridine rings is 1. The van der Waals surface area contributed by atoms with Crippen molar-refractivity contribution < 1.29 is 0 Å². The molecule has 0 unspecified atom stereocenters. The van der Waals surface area contributed by atoms with E-state index in [9.17, 15) is 0 Å². The van der Waals surface area contributed by atoms with Crippen LogP contribution in [0, 0.1) is 0 Å². The molecule has 0 spiro atoms. The molecule has 1 N–H and O–H groups in total. The summed E-state index contributed by atoms with van der Waals surface area (Å²) in [5.41, 5.74) is 2.63. The second-order valence-corrected chi connectivity index (χ2v) is 7.18. The maximum absolute atomic E-state index is 4.74. The van der Waals surface area contributed by atoms with Crippen molar-refractivity contribution in [2.24, 2.45) is 0 Å². The second-order valence-electron chi connectivity index (χ2n) is 6.20. The molecule has 114 valence electrons. The smallest absolute Gasteiger partial charge is 0.128 e. The lowest BCUT2D eigenvalue weighted by atomic mass is 10.1. The first-order valence-electron chi connectivity index (χ1n) is 7.30. The minimum absolute atomic E-state index is 0.139. The predicted octanol–water partition coefficient (Wildman–Crippen LogP) is 3.33. The van der Waals surface area contributed by atoms with E-state index >= 15 is 0 Å². The van der Waals surface area contributed by atoms with Crippen LogP contribution in [0.15, 0.2) is 12.1 Å². The molecule has 0 amide bonds. The quantitative estimate of drug-likeness (QED) is 0.835. The molecule has 1 aromatic heterocycles. The van der Waals surface area contributed by atoms with E-state index in [1.807, 2.05) is 11.8 Å². The third kappa shape index (κ3) is 6.14. The Balaban J connectivity index is 2.84. The van der Waals surface area contributed by atoms with E-state index < -0.39 is 0 Å². The lowest BCUT2D eigenvalue weighted by Crippen LogP contribution is -2.35. The molecule has 0 fully saturated rings. The first kappa shape index (κ1) is 17.3. The molecule has 1 rings (SSSR count). The van der Waals surface area contributed by atoms with Crippen molar-refractivity contribution in [3.05, 3.63) is 23.4 Å². The van der Waals surface area contributed by atoms with E-state index in [-0.39, 0.29) is 5.54 Å². The van der Waals surface area contributed by atoms with Gasteiger partial charge in [0.05, 0.1) is 0 Å². The molecule has 0 saturated carbocycles. The Morgan fingerprint density at radius 1 is 1.30 bits per heavy atom. The van der Waals surface area contributed by atoms with Crippen LogP contribution in [0.5, 0.6) is 0 Å². The van der Waals surface area contributed by atoms with Gasteiger partial charge in [-0.3, -0.25) is 0 Å². The van der Waals surface area contributed by atoms with Gasteiger partial charge >= 0.3 is 0 Å².